The highest BCUT2D eigenvalue weighted by molar-refractivity contribution is 7.89. The fraction of sp³-hybridized carbons (Fsp3) is 0.562. The summed E-state index contributed by atoms with van der Waals surface area (Å²) in [5.41, 5.74) is 2.20. The minimum atomic E-state index is -4.04. The van der Waals surface area contributed by atoms with E-state index in [9.17, 15) is 32.6 Å². The molecule has 3 heterocycles. The molecule has 5 N–H and O–H groups in total. The van der Waals surface area contributed by atoms with Gasteiger partial charge in [0.1, 0.15) is 11.9 Å². The fourth-order valence-electron chi connectivity index (χ4n) is 6.30. The van der Waals surface area contributed by atoms with Gasteiger partial charge in [0.2, 0.25) is 10.0 Å². The van der Waals surface area contributed by atoms with Crippen LogP contribution >= 0.6 is 7.60 Å². The maximum Gasteiger partial charge on any atom is 0.407 e. The van der Waals surface area contributed by atoms with Gasteiger partial charge in [-0.25, -0.2) is 18.0 Å². The molecule has 50 heavy (non-hydrogen) atoms. The molecule has 0 aliphatic carbocycles. The smallest absolute Gasteiger partial charge is 0.407 e. The lowest BCUT2D eigenvalue weighted by atomic mass is 9.98. The molecule has 0 spiro atoms. The molecule has 0 saturated carbocycles. The van der Waals surface area contributed by atoms with Crippen LogP contribution < -0.4 is 15.4 Å². The Bertz CT molecular complexity index is 1660. The number of carbonyl (C=O) groups excluding carboxylic acids is 1. The Morgan fingerprint density at radius 1 is 1.14 bits per heavy atom. The monoisotopic (exact) mass is 741 g/mol. The van der Waals surface area contributed by atoms with Gasteiger partial charge < -0.3 is 44.7 Å². The molecule has 276 valence electrons. The Hall–Kier alpha value is -3.12. The van der Waals surface area contributed by atoms with Crippen LogP contribution in [0, 0.1) is 5.92 Å². The number of rotatable bonds is 16. The first-order valence-electron chi connectivity index (χ1n) is 16.3. The maximum atomic E-state index is 13.7. The van der Waals surface area contributed by atoms with Crippen molar-refractivity contribution >= 4 is 29.7 Å². The van der Waals surface area contributed by atoms with Gasteiger partial charge in [-0.05, 0) is 53.6 Å². The van der Waals surface area contributed by atoms with Gasteiger partial charge >= 0.3 is 19.7 Å². The lowest BCUT2D eigenvalue weighted by molar-refractivity contribution is -0.139. The molecule has 1 amide bonds. The van der Waals surface area contributed by atoms with Crippen LogP contribution in [0.1, 0.15) is 36.0 Å². The number of methoxy groups -OCH3 is 1. The zero-order valence-corrected chi connectivity index (χ0v) is 29.5. The minimum absolute atomic E-state index is 0.0921. The molecular formula is C32H44N3O13PS. The molecule has 2 fully saturated rings. The van der Waals surface area contributed by atoms with E-state index in [0.717, 1.165) is 11.1 Å². The summed E-state index contributed by atoms with van der Waals surface area (Å²) < 4.78 is 67.1. The Morgan fingerprint density at radius 2 is 1.88 bits per heavy atom. The third kappa shape index (κ3) is 9.60. The van der Waals surface area contributed by atoms with Crippen molar-refractivity contribution in [3.8, 4) is 5.75 Å². The maximum absolute atomic E-state index is 13.7. The molecule has 3 aliphatic heterocycles. The summed E-state index contributed by atoms with van der Waals surface area (Å²) in [4.78, 5) is 33.6. The first-order chi connectivity index (χ1) is 23.8. The van der Waals surface area contributed by atoms with Crippen molar-refractivity contribution in [3.05, 3.63) is 59.2 Å². The predicted molar refractivity (Wildman–Crippen MR) is 177 cm³/mol. The Morgan fingerprint density at radius 3 is 2.60 bits per heavy atom. The third-order valence-electron chi connectivity index (χ3n) is 9.01. The number of benzene rings is 2. The van der Waals surface area contributed by atoms with Crippen LogP contribution in [-0.4, -0.2) is 117 Å². The molecule has 2 aromatic rings. The number of aliphatic carboxylic acids is 1. The largest absolute Gasteiger partial charge is 0.497 e. The number of β-amino-alcohol motifs (C(OH)–C–C–N with tert-alkyl or cyclic N) is 1. The van der Waals surface area contributed by atoms with Crippen molar-refractivity contribution in [2.24, 2.45) is 5.92 Å². The highest BCUT2D eigenvalue weighted by atomic mass is 32.2. The Kier molecular flexibility index (Phi) is 12.6. The quantitative estimate of drug-likeness (QED) is 0.122. The van der Waals surface area contributed by atoms with Crippen LogP contribution in [0.25, 0.3) is 0 Å². The van der Waals surface area contributed by atoms with E-state index in [0.29, 0.717) is 30.9 Å². The SMILES string of the molecule is COc1ccc2c(c1)C(C)CN(C[C@@H](O)[C@H](Cc1ccc(CNCCP(=O)(O)OCC(=O)O)cc1)NC(=O)O[C@H]1CO[C@H]3OCC[C@H]31)S2(=O)=O. The third-order valence-corrected chi connectivity index (χ3v) is 12.2. The van der Waals surface area contributed by atoms with E-state index < -0.39 is 60.8 Å². The van der Waals surface area contributed by atoms with E-state index in [2.05, 4.69) is 15.2 Å². The lowest BCUT2D eigenvalue weighted by Gasteiger charge is -2.35. The molecule has 2 saturated heterocycles. The van der Waals surface area contributed by atoms with Gasteiger partial charge in [-0.3, -0.25) is 9.09 Å². The molecule has 7 atom stereocenters. The van der Waals surface area contributed by atoms with Crippen molar-refractivity contribution in [2.45, 2.75) is 61.7 Å². The molecule has 16 nitrogen and oxygen atoms in total. The summed E-state index contributed by atoms with van der Waals surface area (Å²) in [6, 6.07) is 11.1. The van der Waals surface area contributed by atoms with Crippen LogP contribution in [-0.2, 0) is 51.1 Å². The number of alkyl carbamates (subject to hydrolysis) is 1. The number of sulfonamides is 1. The van der Waals surface area contributed by atoms with E-state index in [1.165, 1.54) is 17.5 Å². The number of ether oxygens (including phenoxy) is 4. The molecule has 0 aromatic heterocycles. The standard InChI is InChI=1S/C32H44N3O13PS/c1-20-16-35(50(42,43)29-8-7-23(44-2)14-25(20)29)17-27(36)26(34-32(39)48-28-18-46-31-24(28)9-11-45-31)13-21-3-5-22(6-4-21)15-33-10-12-49(40,41)47-19-30(37)38/h3-8,14,20,24,26-28,31,33,36H,9-13,15-19H2,1-2H3,(H,34,39)(H,37,38)(H,40,41)/t20?,24-,26-,27+,28-,31+/m0/s1. The van der Waals surface area contributed by atoms with Gasteiger partial charge in [0.15, 0.2) is 12.9 Å². The number of aliphatic hydroxyl groups excluding tert-OH is 1. The number of carboxylic acid groups (broad SMARTS) is 1. The summed E-state index contributed by atoms with van der Waals surface area (Å²) >= 11 is 0. The van der Waals surface area contributed by atoms with Crippen molar-refractivity contribution in [1.29, 1.82) is 0 Å². The van der Waals surface area contributed by atoms with E-state index in [1.807, 2.05) is 19.1 Å². The number of nitrogens with zero attached hydrogens (tertiary/aromatic N) is 1. The van der Waals surface area contributed by atoms with Crippen molar-refractivity contribution in [3.63, 3.8) is 0 Å². The van der Waals surface area contributed by atoms with E-state index >= 15 is 0 Å². The summed E-state index contributed by atoms with van der Waals surface area (Å²) in [6.07, 6.45) is -2.46. The molecular weight excluding hydrogens is 697 g/mol. The second-order valence-corrected chi connectivity index (χ2v) is 16.5. The van der Waals surface area contributed by atoms with Gasteiger partial charge in [-0.1, -0.05) is 31.2 Å². The van der Waals surface area contributed by atoms with E-state index in [4.69, 9.17) is 24.1 Å². The molecule has 3 aliphatic rings. The second-order valence-electron chi connectivity index (χ2n) is 12.6. The molecule has 0 radical (unpaired) electrons. The van der Waals surface area contributed by atoms with Gasteiger partial charge in [-0.2, -0.15) is 4.31 Å². The van der Waals surface area contributed by atoms with Crippen molar-refractivity contribution in [2.75, 3.05) is 52.7 Å². The number of hydrogen-bond donors (Lipinski definition) is 5. The van der Waals surface area contributed by atoms with Crippen molar-refractivity contribution in [1.82, 2.24) is 14.9 Å². The normalized spacial score (nSPS) is 25.1. The minimum Gasteiger partial charge on any atom is -0.497 e. The summed E-state index contributed by atoms with van der Waals surface area (Å²) in [7, 11) is -6.50. The van der Waals surface area contributed by atoms with Gasteiger partial charge in [0.05, 0.1) is 49.4 Å². The number of carboxylic acids is 1. The number of amides is 1. The summed E-state index contributed by atoms with van der Waals surface area (Å²) in [5, 5.41) is 25.9. The number of hydrogen-bond acceptors (Lipinski definition) is 12. The molecule has 18 heteroatoms. The molecule has 5 rings (SSSR count). The molecule has 0 bridgehead atoms. The van der Waals surface area contributed by atoms with E-state index in [-0.39, 0.29) is 55.6 Å². The second kappa shape index (κ2) is 16.5. The summed E-state index contributed by atoms with van der Waals surface area (Å²) in [6.45, 7) is 2.01. The van der Waals surface area contributed by atoms with E-state index in [1.54, 1.807) is 24.3 Å². The van der Waals surface area contributed by atoms with Crippen LogP contribution in [0.2, 0.25) is 0 Å². The van der Waals surface area contributed by atoms with Gasteiger partial charge in [0, 0.05) is 26.2 Å². The van der Waals surface area contributed by atoms with Crippen LogP contribution in [0.5, 0.6) is 5.75 Å². The van der Waals surface area contributed by atoms with Crippen LogP contribution in [0.3, 0.4) is 0 Å². The number of carbonyl (C=O) groups is 2. The van der Waals surface area contributed by atoms with Gasteiger partial charge in [-0.15, -0.1) is 0 Å². The molecule has 2 aromatic carbocycles. The van der Waals surface area contributed by atoms with Gasteiger partial charge in [0.25, 0.3) is 0 Å². The molecule has 2 unspecified atom stereocenters. The average molecular weight is 742 g/mol. The summed E-state index contributed by atoms with van der Waals surface area (Å²) in [5.74, 6) is -1.07. The zero-order chi connectivity index (χ0) is 36.1. The Balaban J connectivity index is 1.24. The topological polar surface area (TPSA) is 219 Å². The fourth-order valence-corrected chi connectivity index (χ4v) is 9.02. The highest BCUT2D eigenvalue weighted by Crippen LogP contribution is 2.41. The number of aliphatic hydroxyl groups is 1. The van der Waals surface area contributed by atoms with Crippen LogP contribution in [0.15, 0.2) is 47.4 Å². The zero-order valence-electron chi connectivity index (χ0n) is 27.8. The van der Waals surface area contributed by atoms with Crippen molar-refractivity contribution < 1.29 is 61.1 Å². The highest BCUT2D eigenvalue weighted by Gasteiger charge is 2.44. The average Bonchev–Trinajstić information content (AvgIpc) is 3.70. The number of nitrogens with one attached hydrogen (secondary N) is 2. The predicted octanol–water partition coefficient (Wildman–Crippen LogP) is 1.64. The number of fused-ring (bicyclic) bond motifs is 2. The lowest BCUT2D eigenvalue weighted by Crippen LogP contribution is -2.52. The van der Waals surface area contributed by atoms with Crippen LogP contribution in [0.4, 0.5) is 4.79 Å². The Labute approximate surface area is 290 Å². The first kappa shape index (κ1) is 38.1. The first-order valence-corrected chi connectivity index (χ1v) is 19.5.